The fraction of sp³-hybridized carbons (Fsp3) is 0.100. The van der Waals surface area contributed by atoms with Gasteiger partial charge >= 0.3 is 0 Å². The standard InChI is InChI=1S/C10H9IN2/c1-8(6-12)7-13-10-4-2-9(11)3-5-10/h2-5,13H,1,7H2. The SMILES string of the molecule is C=C(C#N)CNc1ccc(I)cc1. The average Bonchev–Trinajstić information content (AvgIpc) is 2.16. The van der Waals surface area contributed by atoms with Crippen molar-refractivity contribution in [3.63, 3.8) is 0 Å². The van der Waals surface area contributed by atoms with E-state index in [9.17, 15) is 0 Å². The Balaban J connectivity index is 2.52. The summed E-state index contributed by atoms with van der Waals surface area (Å²) in [5, 5.41) is 11.6. The Hall–Kier alpha value is -1.02. The van der Waals surface area contributed by atoms with Gasteiger partial charge in [-0.15, -0.1) is 0 Å². The lowest BCUT2D eigenvalue weighted by Gasteiger charge is -2.03. The fourth-order valence-corrected chi connectivity index (χ4v) is 1.18. The number of hydrogen-bond donors (Lipinski definition) is 1. The molecule has 13 heavy (non-hydrogen) atoms. The van der Waals surface area contributed by atoms with Crippen molar-refractivity contribution in [2.24, 2.45) is 0 Å². The molecule has 0 amide bonds. The number of nitrogens with one attached hydrogen (secondary N) is 1. The summed E-state index contributed by atoms with van der Waals surface area (Å²) in [5.74, 6) is 0. The molecule has 0 heterocycles. The molecule has 1 aromatic rings. The summed E-state index contributed by atoms with van der Waals surface area (Å²) in [6.07, 6.45) is 0. The topological polar surface area (TPSA) is 35.8 Å². The maximum atomic E-state index is 8.47. The van der Waals surface area contributed by atoms with E-state index in [4.69, 9.17) is 5.26 Å². The van der Waals surface area contributed by atoms with Crippen molar-refractivity contribution in [3.05, 3.63) is 40.0 Å². The van der Waals surface area contributed by atoms with E-state index in [2.05, 4.69) is 34.5 Å². The summed E-state index contributed by atoms with van der Waals surface area (Å²) >= 11 is 2.25. The van der Waals surface area contributed by atoms with Gasteiger partial charge in [-0.1, -0.05) is 6.58 Å². The minimum absolute atomic E-state index is 0.511. The third kappa shape index (κ3) is 3.47. The molecule has 3 heteroatoms. The third-order valence-electron chi connectivity index (χ3n) is 1.51. The molecule has 0 saturated carbocycles. The molecule has 2 nitrogen and oxygen atoms in total. The van der Waals surface area contributed by atoms with Crippen LogP contribution in [0.3, 0.4) is 0 Å². The first kappa shape index (κ1) is 10.1. The smallest absolute Gasteiger partial charge is 0.0959 e. The van der Waals surface area contributed by atoms with E-state index < -0.39 is 0 Å². The zero-order chi connectivity index (χ0) is 9.68. The number of nitriles is 1. The lowest BCUT2D eigenvalue weighted by molar-refractivity contribution is 1.27. The van der Waals surface area contributed by atoms with Crippen molar-refractivity contribution in [2.75, 3.05) is 11.9 Å². The van der Waals surface area contributed by atoms with E-state index in [0.717, 1.165) is 5.69 Å². The number of nitrogens with zero attached hydrogens (tertiary/aromatic N) is 1. The van der Waals surface area contributed by atoms with Gasteiger partial charge in [-0.25, -0.2) is 0 Å². The van der Waals surface area contributed by atoms with Crippen LogP contribution < -0.4 is 5.32 Å². The van der Waals surface area contributed by atoms with Gasteiger partial charge in [-0.3, -0.25) is 0 Å². The second kappa shape index (κ2) is 4.87. The molecule has 0 unspecified atom stereocenters. The van der Waals surface area contributed by atoms with E-state index in [1.807, 2.05) is 30.3 Å². The van der Waals surface area contributed by atoms with Gasteiger partial charge < -0.3 is 5.32 Å². The summed E-state index contributed by atoms with van der Waals surface area (Å²) in [6, 6.07) is 9.97. The largest absolute Gasteiger partial charge is 0.380 e. The molecule has 1 N–H and O–H groups in total. The Labute approximate surface area is 91.4 Å². The predicted molar refractivity (Wildman–Crippen MR) is 62.4 cm³/mol. The molecule has 0 aliphatic heterocycles. The lowest BCUT2D eigenvalue weighted by Crippen LogP contribution is -2.02. The van der Waals surface area contributed by atoms with E-state index >= 15 is 0 Å². The van der Waals surface area contributed by atoms with Gasteiger partial charge in [-0.2, -0.15) is 5.26 Å². The molecule has 0 saturated heterocycles. The van der Waals surface area contributed by atoms with Crippen LogP contribution in [0, 0.1) is 14.9 Å². The van der Waals surface area contributed by atoms with Gasteiger partial charge in [0.1, 0.15) is 0 Å². The predicted octanol–water partition coefficient (Wildman–Crippen LogP) is 2.78. The minimum Gasteiger partial charge on any atom is -0.380 e. The summed E-state index contributed by atoms with van der Waals surface area (Å²) in [4.78, 5) is 0. The quantitative estimate of drug-likeness (QED) is 0.684. The molecule has 0 aliphatic rings. The summed E-state index contributed by atoms with van der Waals surface area (Å²) in [5.41, 5.74) is 1.55. The van der Waals surface area contributed by atoms with Crippen LogP contribution in [0.1, 0.15) is 0 Å². The molecule has 0 bridgehead atoms. The highest BCUT2D eigenvalue weighted by Gasteiger charge is 1.92. The van der Waals surface area contributed by atoms with Crippen LogP contribution >= 0.6 is 22.6 Å². The molecule has 0 fully saturated rings. The number of halogens is 1. The van der Waals surface area contributed by atoms with Crippen molar-refractivity contribution in [2.45, 2.75) is 0 Å². The molecule has 0 aromatic heterocycles. The maximum absolute atomic E-state index is 8.47. The fourth-order valence-electron chi connectivity index (χ4n) is 0.816. The van der Waals surface area contributed by atoms with Crippen LogP contribution in [0.2, 0.25) is 0 Å². The lowest BCUT2D eigenvalue weighted by atomic mass is 10.3. The van der Waals surface area contributed by atoms with Gasteiger partial charge in [0.2, 0.25) is 0 Å². The molecule has 1 aromatic carbocycles. The highest BCUT2D eigenvalue weighted by molar-refractivity contribution is 14.1. The van der Waals surface area contributed by atoms with Crippen LogP contribution in [-0.2, 0) is 0 Å². The number of benzene rings is 1. The van der Waals surface area contributed by atoms with E-state index in [-0.39, 0.29) is 0 Å². The van der Waals surface area contributed by atoms with Crippen LogP contribution in [0.15, 0.2) is 36.4 Å². The number of hydrogen-bond acceptors (Lipinski definition) is 2. The van der Waals surface area contributed by atoms with Crippen molar-refractivity contribution in [3.8, 4) is 6.07 Å². The summed E-state index contributed by atoms with van der Waals surface area (Å²) in [7, 11) is 0. The highest BCUT2D eigenvalue weighted by atomic mass is 127. The van der Waals surface area contributed by atoms with Crippen LogP contribution in [0.5, 0.6) is 0 Å². The Morgan fingerprint density at radius 2 is 2.08 bits per heavy atom. The molecule has 0 atom stereocenters. The Kier molecular flexibility index (Phi) is 3.77. The first-order valence-electron chi connectivity index (χ1n) is 3.79. The normalized spacial score (nSPS) is 8.92. The average molecular weight is 284 g/mol. The maximum Gasteiger partial charge on any atom is 0.0959 e. The molecule has 0 spiro atoms. The zero-order valence-electron chi connectivity index (χ0n) is 7.05. The molecule has 66 valence electrons. The van der Waals surface area contributed by atoms with E-state index in [1.54, 1.807) is 0 Å². The van der Waals surface area contributed by atoms with Gasteiger partial charge in [-0.05, 0) is 46.9 Å². The summed E-state index contributed by atoms with van der Waals surface area (Å²) < 4.78 is 1.20. The second-order valence-corrected chi connectivity index (χ2v) is 3.82. The van der Waals surface area contributed by atoms with E-state index in [0.29, 0.717) is 12.1 Å². The Bertz CT molecular complexity index is 335. The van der Waals surface area contributed by atoms with Crippen LogP contribution in [-0.4, -0.2) is 6.54 Å². The Morgan fingerprint density at radius 3 is 2.62 bits per heavy atom. The molecular formula is C10H9IN2. The van der Waals surface area contributed by atoms with Crippen LogP contribution in [0.25, 0.3) is 0 Å². The highest BCUT2D eigenvalue weighted by Crippen LogP contribution is 2.11. The van der Waals surface area contributed by atoms with Crippen LogP contribution in [0.4, 0.5) is 5.69 Å². The van der Waals surface area contributed by atoms with E-state index in [1.165, 1.54) is 3.57 Å². The Morgan fingerprint density at radius 1 is 1.46 bits per heavy atom. The summed E-state index contributed by atoms with van der Waals surface area (Å²) in [6.45, 7) is 4.09. The monoisotopic (exact) mass is 284 g/mol. The minimum atomic E-state index is 0.511. The first-order valence-corrected chi connectivity index (χ1v) is 4.87. The number of anilines is 1. The third-order valence-corrected chi connectivity index (χ3v) is 2.23. The van der Waals surface area contributed by atoms with Crippen molar-refractivity contribution in [1.82, 2.24) is 0 Å². The van der Waals surface area contributed by atoms with Gasteiger partial charge in [0.15, 0.2) is 0 Å². The molecular weight excluding hydrogens is 275 g/mol. The molecule has 0 aliphatic carbocycles. The second-order valence-electron chi connectivity index (χ2n) is 2.58. The van der Waals surface area contributed by atoms with Gasteiger partial charge in [0, 0.05) is 21.4 Å². The van der Waals surface area contributed by atoms with Crippen molar-refractivity contribution in [1.29, 1.82) is 5.26 Å². The first-order chi connectivity index (χ1) is 6.22. The van der Waals surface area contributed by atoms with Gasteiger partial charge in [0.25, 0.3) is 0 Å². The molecule has 1 rings (SSSR count). The van der Waals surface area contributed by atoms with Gasteiger partial charge in [0.05, 0.1) is 6.07 Å². The zero-order valence-corrected chi connectivity index (χ0v) is 9.21. The molecule has 0 radical (unpaired) electrons. The van der Waals surface area contributed by atoms with Crippen molar-refractivity contribution < 1.29 is 0 Å². The number of rotatable bonds is 3. The van der Waals surface area contributed by atoms with Crippen molar-refractivity contribution >= 4 is 28.3 Å².